The number of anilines is 1. The molecule has 42 heavy (non-hydrogen) atoms. The van der Waals surface area contributed by atoms with Gasteiger partial charge in [-0.05, 0) is 79.6 Å². The van der Waals surface area contributed by atoms with Crippen LogP contribution < -0.4 is 33.6 Å². The Balaban J connectivity index is 0.985. The van der Waals surface area contributed by atoms with Crippen LogP contribution in [-0.2, 0) is 13.0 Å². The molecule has 9 heteroatoms. The van der Waals surface area contributed by atoms with E-state index in [0.29, 0.717) is 13.2 Å². The highest BCUT2D eigenvalue weighted by atomic mass is 32.1. The number of fused-ring (bicyclic) bond motifs is 6. The molecule has 2 aliphatic heterocycles. The van der Waals surface area contributed by atoms with Crippen LogP contribution in [0.3, 0.4) is 0 Å². The number of aromatic nitrogens is 2. The zero-order valence-corrected chi connectivity index (χ0v) is 24.7. The Hall–Kier alpha value is -4.24. The van der Waals surface area contributed by atoms with Gasteiger partial charge in [-0.25, -0.2) is 4.98 Å². The van der Waals surface area contributed by atoms with Crippen molar-refractivity contribution in [1.82, 2.24) is 4.98 Å². The lowest BCUT2D eigenvalue weighted by molar-refractivity contribution is -0.686. The fourth-order valence-electron chi connectivity index (χ4n) is 5.72. The molecule has 4 heterocycles. The van der Waals surface area contributed by atoms with Crippen molar-refractivity contribution in [3.63, 3.8) is 0 Å². The molecule has 2 aliphatic rings. The van der Waals surface area contributed by atoms with Gasteiger partial charge in [0.05, 0.1) is 41.5 Å². The number of methoxy groups -OCH3 is 1. The third-order valence-corrected chi connectivity index (χ3v) is 8.79. The Morgan fingerprint density at radius 3 is 2.79 bits per heavy atom. The van der Waals surface area contributed by atoms with Crippen molar-refractivity contribution in [2.45, 2.75) is 39.2 Å². The second kappa shape index (κ2) is 11.6. The second-order valence-corrected chi connectivity index (χ2v) is 11.5. The van der Waals surface area contributed by atoms with E-state index in [1.807, 2.05) is 25.1 Å². The first kappa shape index (κ1) is 26.6. The monoisotopic (exact) mass is 584 g/mol. The van der Waals surface area contributed by atoms with Gasteiger partial charge in [0.1, 0.15) is 5.75 Å². The molecule has 0 saturated carbocycles. The van der Waals surface area contributed by atoms with Crippen LogP contribution in [0.4, 0.5) is 5.13 Å². The molecule has 1 N–H and O–H groups in total. The fourth-order valence-corrected chi connectivity index (χ4v) is 6.64. The van der Waals surface area contributed by atoms with Gasteiger partial charge in [-0.3, -0.25) is 0 Å². The van der Waals surface area contributed by atoms with Gasteiger partial charge in [-0.15, -0.1) is 0 Å². The summed E-state index contributed by atoms with van der Waals surface area (Å²) >= 11 is 1.66. The number of unbranched alkanes of at least 4 members (excludes halogenated alkanes) is 2. The summed E-state index contributed by atoms with van der Waals surface area (Å²) in [6, 6.07) is 16.6. The minimum absolute atomic E-state index is 0.284. The number of rotatable bonds is 11. The first-order valence-corrected chi connectivity index (χ1v) is 15.4. The highest BCUT2D eigenvalue weighted by Crippen LogP contribution is 2.41. The van der Waals surface area contributed by atoms with Crippen LogP contribution >= 0.6 is 11.3 Å². The van der Waals surface area contributed by atoms with Gasteiger partial charge in [0, 0.05) is 19.0 Å². The van der Waals surface area contributed by atoms with E-state index in [2.05, 4.69) is 46.4 Å². The molecule has 0 radical (unpaired) electrons. The first-order valence-electron chi connectivity index (χ1n) is 14.6. The maximum absolute atomic E-state index is 6.38. The summed E-state index contributed by atoms with van der Waals surface area (Å²) in [6.07, 6.45) is 6.19. The SMILES string of the molecule is CCOc1ccc2nc(NCCCCCOc3c(OC)ccc4cc5[n+](cc34)CCc3cc4c(cc3-5)OCO4)sc2c1. The van der Waals surface area contributed by atoms with Crippen molar-refractivity contribution in [1.29, 1.82) is 0 Å². The average Bonchev–Trinajstić information content (AvgIpc) is 3.64. The van der Waals surface area contributed by atoms with Crippen LogP contribution in [0.15, 0.2) is 54.7 Å². The van der Waals surface area contributed by atoms with Crippen molar-refractivity contribution in [3.8, 4) is 40.0 Å². The van der Waals surface area contributed by atoms with Crippen LogP contribution in [0.5, 0.6) is 28.7 Å². The van der Waals surface area contributed by atoms with E-state index in [9.17, 15) is 0 Å². The Morgan fingerprint density at radius 2 is 1.90 bits per heavy atom. The van der Waals surface area contributed by atoms with Crippen molar-refractivity contribution in [3.05, 3.63) is 60.3 Å². The van der Waals surface area contributed by atoms with E-state index in [0.717, 1.165) is 93.6 Å². The lowest BCUT2D eigenvalue weighted by atomic mass is 9.95. The maximum atomic E-state index is 6.38. The van der Waals surface area contributed by atoms with E-state index in [1.54, 1.807) is 18.4 Å². The summed E-state index contributed by atoms with van der Waals surface area (Å²) < 4.78 is 32.4. The van der Waals surface area contributed by atoms with E-state index in [1.165, 1.54) is 16.8 Å². The molecule has 0 saturated heterocycles. The number of nitrogens with one attached hydrogen (secondary N) is 1. The molecule has 0 atom stereocenters. The van der Waals surface area contributed by atoms with E-state index in [4.69, 9.17) is 28.7 Å². The number of nitrogens with zero attached hydrogens (tertiary/aromatic N) is 2. The Morgan fingerprint density at radius 1 is 1.00 bits per heavy atom. The average molecular weight is 585 g/mol. The largest absolute Gasteiger partial charge is 0.494 e. The first-order chi connectivity index (χ1) is 20.7. The highest BCUT2D eigenvalue weighted by molar-refractivity contribution is 7.22. The number of pyridine rings is 1. The van der Waals surface area contributed by atoms with Crippen LogP contribution in [0.1, 0.15) is 31.7 Å². The molecule has 2 aromatic heterocycles. The summed E-state index contributed by atoms with van der Waals surface area (Å²) in [4.78, 5) is 4.69. The minimum atomic E-state index is 0.284. The van der Waals surface area contributed by atoms with Gasteiger partial charge >= 0.3 is 0 Å². The summed E-state index contributed by atoms with van der Waals surface area (Å²) in [6.45, 7) is 5.34. The van der Waals surface area contributed by atoms with E-state index in [-0.39, 0.29) is 6.79 Å². The normalized spacial score (nSPS) is 13.2. The number of ether oxygens (including phenoxy) is 5. The minimum Gasteiger partial charge on any atom is -0.494 e. The summed E-state index contributed by atoms with van der Waals surface area (Å²) in [7, 11) is 1.70. The molecule has 3 aromatic carbocycles. The highest BCUT2D eigenvalue weighted by Gasteiger charge is 2.28. The molecular formula is C33H34N3O5S+. The lowest BCUT2D eigenvalue weighted by Gasteiger charge is -2.18. The van der Waals surface area contributed by atoms with E-state index >= 15 is 0 Å². The predicted molar refractivity (Wildman–Crippen MR) is 165 cm³/mol. The summed E-state index contributed by atoms with van der Waals surface area (Å²) in [5.41, 5.74) is 4.66. The molecule has 8 nitrogen and oxygen atoms in total. The molecule has 0 amide bonds. The summed E-state index contributed by atoms with van der Waals surface area (Å²) in [5.74, 6) is 4.11. The van der Waals surface area contributed by atoms with Crippen molar-refractivity contribution in [2.24, 2.45) is 0 Å². The molecule has 0 fully saturated rings. The van der Waals surface area contributed by atoms with Crippen LogP contribution in [0.2, 0.25) is 0 Å². The van der Waals surface area contributed by atoms with Crippen molar-refractivity contribution < 1.29 is 28.3 Å². The second-order valence-electron chi connectivity index (χ2n) is 10.5. The zero-order valence-electron chi connectivity index (χ0n) is 23.9. The molecule has 0 aliphatic carbocycles. The van der Waals surface area contributed by atoms with Gasteiger partial charge in [0.2, 0.25) is 12.5 Å². The third kappa shape index (κ3) is 5.13. The third-order valence-electron chi connectivity index (χ3n) is 7.81. The standard InChI is InChI=1S/C33H34N3O5S/c1-3-38-23-8-9-26-31(17-23)42-33(35-26)34-12-5-4-6-14-39-32-25-19-36-13-11-22-16-29-30(41-20-40-29)18-24(22)27(36)15-21(25)7-10-28(32)37-2/h7-10,15-19H,3-6,11-14,20H2,1-2H3,(H,34,35)/q+1. The Bertz CT molecular complexity index is 1770. The summed E-state index contributed by atoms with van der Waals surface area (Å²) in [5, 5.41) is 6.61. The van der Waals surface area contributed by atoms with Crippen molar-refractivity contribution in [2.75, 3.05) is 39.0 Å². The topological polar surface area (TPSA) is 75.0 Å². The fraction of sp³-hybridized carbons (Fsp3) is 0.333. The zero-order chi connectivity index (χ0) is 28.5. The molecule has 216 valence electrons. The van der Waals surface area contributed by atoms with E-state index < -0.39 is 0 Å². The Labute approximate surface area is 248 Å². The molecule has 0 spiro atoms. The maximum Gasteiger partial charge on any atom is 0.231 e. The smallest absolute Gasteiger partial charge is 0.231 e. The van der Waals surface area contributed by atoms with Gasteiger partial charge in [-0.1, -0.05) is 11.3 Å². The number of hydrogen-bond acceptors (Lipinski definition) is 8. The Kier molecular flexibility index (Phi) is 7.34. The van der Waals surface area contributed by atoms with Crippen LogP contribution in [0, 0.1) is 0 Å². The van der Waals surface area contributed by atoms with Gasteiger partial charge in [-0.2, -0.15) is 4.57 Å². The van der Waals surface area contributed by atoms with Crippen LogP contribution in [0.25, 0.3) is 32.2 Å². The number of aryl methyl sites for hydroxylation is 2. The van der Waals surface area contributed by atoms with Crippen molar-refractivity contribution >= 4 is 37.5 Å². The number of thiazole rings is 1. The number of benzene rings is 3. The molecule has 7 rings (SSSR count). The van der Waals surface area contributed by atoms with Gasteiger partial charge in [0.25, 0.3) is 0 Å². The molecule has 5 aromatic rings. The molecule has 0 bridgehead atoms. The predicted octanol–water partition coefficient (Wildman–Crippen LogP) is 6.76. The molecular weight excluding hydrogens is 550 g/mol. The van der Waals surface area contributed by atoms with Crippen LogP contribution in [-0.4, -0.2) is 38.6 Å². The van der Waals surface area contributed by atoms with Gasteiger partial charge in [0.15, 0.2) is 40.9 Å². The number of hydrogen-bond donors (Lipinski definition) is 1. The quantitative estimate of drug-likeness (QED) is 0.136. The lowest BCUT2D eigenvalue weighted by Crippen LogP contribution is -2.40. The van der Waals surface area contributed by atoms with Gasteiger partial charge < -0.3 is 29.0 Å². The molecule has 0 unspecified atom stereocenters.